The van der Waals surface area contributed by atoms with Gasteiger partial charge < -0.3 is 15.4 Å². The van der Waals surface area contributed by atoms with Gasteiger partial charge in [-0.15, -0.1) is 0 Å². The van der Waals surface area contributed by atoms with E-state index in [1.165, 1.54) is 6.42 Å². The maximum atomic E-state index is 11.9. The lowest BCUT2D eigenvalue weighted by atomic mass is 9.95. The van der Waals surface area contributed by atoms with Crippen molar-refractivity contribution in [3.63, 3.8) is 0 Å². The van der Waals surface area contributed by atoms with Crippen LogP contribution in [0.15, 0.2) is 24.3 Å². The molecule has 1 fully saturated rings. The third kappa shape index (κ3) is 5.39. The van der Waals surface area contributed by atoms with Crippen LogP contribution < -0.4 is 15.4 Å². The Kier molecular flexibility index (Phi) is 6.25. The molecule has 0 aliphatic heterocycles. The van der Waals surface area contributed by atoms with E-state index in [1.807, 2.05) is 6.92 Å². The number of hydrogen-bond donors (Lipinski definition) is 2. The van der Waals surface area contributed by atoms with Crippen molar-refractivity contribution in [2.75, 3.05) is 11.9 Å². The highest BCUT2D eigenvalue weighted by molar-refractivity contribution is 6.03. The van der Waals surface area contributed by atoms with Gasteiger partial charge in [-0.25, -0.2) is 0 Å². The predicted molar refractivity (Wildman–Crippen MR) is 85.9 cm³/mol. The lowest BCUT2D eigenvalue weighted by Gasteiger charge is -2.22. The number of carbonyl (C=O) groups is 2. The third-order valence-electron chi connectivity index (χ3n) is 3.74. The Balaban J connectivity index is 1.75. The number of nitrogens with one attached hydrogen (secondary N) is 2. The van der Waals surface area contributed by atoms with Gasteiger partial charge in [-0.1, -0.05) is 19.3 Å². The number of anilines is 1. The molecule has 0 atom stereocenters. The summed E-state index contributed by atoms with van der Waals surface area (Å²) < 4.78 is 5.34. The highest BCUT2D eigenvalue weighted by Crippen LogP contribution is 2.18. The molecule has 1 aliphatic carbocycles. The Morgan fingerprint density at radius 2 is 1.77 bits per heavy atom. The zero-order valence-corrected chi connectivity index (χ0v) is 13.1. The Labute approximate surface area is 131 Å². The van der Waals surface area contributed by atoms with Crippen molar-refractivity contribution in [1.82, 2.24) is 5.32 Å². The molecular formula is C17H24N2O3. The first kappa shape index (κ1) is 16.3. The molecule has 5 heteroatoms. The van der Waals surface area contributed by atoms with Crippen LogP contribution >= 0.6 is 0 Å². The molecule has 2 rings (SSSR count). The summed E-state index contributed by atoms with van der Waals surface area (Å²) in [4.78, 5) is 23.7. The van der Waals surface area contributed by atoms with Crippen molar-refractivity contribution < 1.29 is 14.3 Å². The molecule has 0 radical (unpaired) electrons. The summed E-state index contributed by atoms with van der Waals surface area (Å²) in [7, 11) is 0. The number of ether oxygens (including phenoxy) is 1. The smallest absolute Gasteiger partial charge is 0.233 e. The largest absolute Gasteiger partial charge is 0.494 e. The standard InChI is InChI=1S/C17H24N2O3/c1-2-22-15-10-8-14(9-11-15)19-17(21)12-16(20)18-13-6-4-3-5-7-13/h8-11,13H,2-7,12H2,1H3,(H,18,20)(H,19,21). The average Bonchev–Trinajstić information content (AvgIpc) is 2.50. The maximum Gasteiger partial charge on any atom is 0.233 e. The molecule has 0 saturated heterocycles. The van der Waals surface area contributed by atoms with Gasteiger partial charge in [-0.2, -0.15) is 0 Å². The molecule has 120 valence electrons. The summed E-state index contributed by atoms with van der Waals surface area (Å²) in [5.74, 6) is 0.267. The Morgan fingerprint density at radius 3 is 2.41 bits per heavy atom. The topological polar surface area (TPSA) is 67.4 Å². The van der Waals surface area contributed by atoms with E-state index >= 15 is 0 Å². The fraction of sp³-hybridized carbons (Fsp3) is 0.529. The van der Waals surface area contributed by atoms with Crippen LogP contribution in [0, 0.1) is 0 Å². The molecule has 1 aromatic carbocycles. The molecule has 5 nitrogen and oxygen atoms in total. The quantitative estimate of drug-likeness (QED) is 0.794. The number of carbonyl (C=O) groups excluding carboxylic acids is 2. The summed E-state index contributed by atoms with van der Waals surface area (Å²) in [6.07, 6.45) is 5.46. The van der Waals surface area contributed by atoms with Crippen LogP contribution in [0.3, 0.4) is 0 Å². The van der Waals surface area contributed by atoms with Gasteiger partial charge in [0.2, 0.25) is 11.8 Å². The minimum atomic E-state index is -0.294. The lowest BCUT2D eigenvalue weighted by molar-refractivity contribution is -0.127. The first-order valence-electron chi connectivity index (χ1n) is 7.99. The van der Waals surface area contributed by atoms with Crippen molar-refractivity contribution in [2.24, 2.45) is 0 Å². The summed E-state index contributed by atoms with van der Waals surface area (Å²) in [5, 5.41) is 5.67. The van der Waals surface area contributed by atoms with Crippen LogP contribution in [-0.4, -0.2) is 24.5 Å². The van der Waals surface area contributed by atoms with Crippen molar-refractivity contribution in [2.45, 2.75) is 51.5 Å². The lowest BCUT2D eigenvalue weighted by Crippen LogP contribution is -2.37. The number of benzene rings is 1. The number of hydrogen-bond acceptors (Lipinski definition) is 3. The van der Waals surface area contributed by atoms with Gasteiger partial charge in [0.1, 0.15) is 12.2 Å². The van der Waals surface area contributed by atoms with Gasteiger partial charge in [0.05, 0.1) is 6.61 Å². The monoisotopic (exact) mass is 304 g/mol. The summed E-state index contributed by atoms with van der Waals surface area (Å²) in [5.41, 5.74) is 0.666. The average molecular weight is 304 g/mol. The Bertz CT molecular complexity index is 493. The second-order valence-corrected chi connectivity index (χ2v) is 5.58. The van der Waals surface area contributed by atoms with E-state index in [-0.39, 0.29) is 24.3 Å². The van der Waals surface area contributed by atoms with E-state index in [1.54, 1.807) is 24.3 Å². The SMILES string of the molecule is CCOc1ccc(NC(=O)CC(=O)NC2CCCCC2)cc1. The van der Waals surface area contributed by atoms with Crippen molar-refractivity contribution in [3.05, 3.63) is 24.3 Å². The second-order valence-electron chi connectivity index (χ2n) is 5.58. The molecule has 2 amide bonds. The molecule has 22 heavy (non-hydrogen) atoms. The molecule has 1 aliphatic rings. The molecule has 0 unspecified atom stereocenters. The molecule has 2 N–H and O–H groups in total. The Morgan fingerprint density at radius 1 is 1.09 bits per heavy atom. The molecule has 0 bridgehead atoms. The minimum absolute atomic E-state index is 0.135. The number of amides is 2. The maximum absolute atomic E-state index is 11.9. The highest BCUT2D eigenvalue weighted by atomic mass is 16.5. The summed E-state index contributed by atoms with van der Waals surface area (Å²) in [6, 6.07) is 7.35. The molecule has 0 aromatic heterocycles. The zero-order chi connectivity index (χ0) is 15.8. The van der Waals surface area contributed by atoms with Crippen LogP contribution in [0.5, 0.6) is 5.75 Å². The third-order valence-corrected chi connectivity index (χ3v) is 3.74. The molecule has 1 saturated carbocycles. The molecule has 1 aromatic rings. The van der Waals surface area contributed by atoms with Gasteiger partial charge in [-0.3, -0.25) is 9.59 Å². The van der Waals surface area contributed by atoms with Crippen LogP contribution in [0.25, 0.3) is 0 Å². The fourth-order valence-electron chi connectivity index (χ4n) is 2.68. The minimum Gasteiger partial charge on any atom is -0.494 e. The van der Waals surface area contributed by atoms with Crippen LogP contribution in [0.2, 0.25) is 0 Å². The summed E-state index contributed by atoms with van der Waals surface area (Å²) >= 11 is 0. The first-order chi connectivity index (χ1) is 10.7. The molecule has 0 spiro atoms. The van der Waals surface area contributed by atoms with Crippen LogP contribution in [-0.2, 0) is 9.59 Å². The van der Waals surface area contributed by atoms with Crippen LogP contribution in [0.4, 0.5) is 5.69 Å². The van der Waals surface area contributed by atoms with Crippen LogP contribution in [0.1, 0.15) is 45.4 Å². The van der Waals surface area contributed by atoms with Gasteiger partial charge in [0.15, 0.2) is 0 Å². The predicted octanol–water partition coefficient (Wildman–Crippen LogP) is 2.86. The van der Waals surface area contributed by atoms with Gasteiger partial charge in [0, 0.05) is 11.7 Å². The Hall–Kier alpha value is -2.04. The normalized spacial score (nSPS) is 15.1. The summed E-state index contributed by atoms with van der Waals surface area (Å²) in [6.45, 7) is 2.52. The number of rotatable bonds is 6. The van der Waals surface area contributed by atoms with E-state index in [0.717, 1.165) is 31.4 Å². The van der Waals surface area contributed by atoms with Crippen molar-refractivity contribution in [1.29, 1.82) is 0 Å². The molecule has 0 heterocycles. The van der Waals surface area contributed by atoms with Crippen molar-refractivity contribution >= 4 is 17.5 Å². The van der Waals surface area contributed by atoms with E-state index in [9.17, 15) is 9.59 Å². The van der Waals surface area contributed by atoms with E-state index < -0.39 is 0 Å². The van der Waals surface area contributed by atoms with E-state index in [2.05, 4.69) is 10.6 Å². The highest BCUT2D eigenvalue weighted by Gasteiger charge is 2.17. The van der Waals surface area contributed by atoms with Gasteiger partial charge in [0.25, 0.3) is 0 Å². The van der Waals surface area contributed by atoms with E-state index in [0.29, 0.717) is 12.3 Å². The van der Waals surface area contributed by atoms with Gasteiger partial charge in [-0.05, 0) is 44.0 Å². The fourth-order valence-corrected chi connectivity index (χ4v) is 2.68. The van der Waals surface area contributed by atoms with Gasteiger partial charge >= 0.3 is 0 Å². The van der Waals surface area contributed by atoms with E-state index in [4.69, 9.17) is 4.74 Å². The molecular weight excluding hydrogens is 280 g/mol. The zero-order valence-electron chi connectivity index (χ0n) is 13.1. The first-order valence-corrected chi connectivity index (χ1v) is 7.99. The van der Waals surface area contributed by atoms with Crippen molar-refractivity contribution in [3.8, 4) is 5.75 Å². The second kappa shape index (κ2) is 8.41.